The van der Waals surface area contributed by atoms with E-state index in [4.69, 9.17) is 4.99 Å². The van der Waals surface area contributed by atoms with Crippen LogP contribution in [0.1, 0.15) is 44.7 Å². The molecule has 6 nitrogen and oxygen atoms in total. The predicted molar refractivity (Wildman–Crippen MR) is 130 cm³/mol. The number of benzene rings is 1. The first-order valence-corrected chi connectivity index (χ1v) is 12.8. The molecular weight excluding hydrogens is 425 g/mol. The van der Waals surface area contributed by atoms with E-state index < -0.39 is 0 Å². The first-order valence-electron chi connectivity index (χ1n) is 11.8. The van der Waals surface area contributed by atoms with Crippen LogP contribution in [0.25, 0.3) is 10.9 Å². The van der Waals surface area contributed by atoms with Crippen LogP contribution in [-0.4, -0.2) is 76.3 Å². The van der Waals surface area contributed by atoms with E-state index in [1.165, 1.54) is 12.8 Å². The summed E-state index contributed by atoms with van der Waals surface area (Å²) in [6, 6.07) is 5.99. The van der Waals surface area contributed by atoms with Gasteiger partial charge >= 0.3 is 0 Å². The number of nitrogens with zero attached hydrogens (tertiary/aromatic N) is 3. The molecule has 172 valence electrons. The molecule has 0 bridgehead atoms. The molecule has 1 saturated carbocycles. The van der Waals surface area contributed by atoms with Crippen molar-refractivity contribution in [3.05, 3.63) is 29.7 Å². The summed E-state index contributed by atoms with van der Waals surface area (Å²) in [7, 11) is 0. The fourth-order valence-electron chi connectivity index (χ4n) is 5.06. The number of anilines is 1. The number of carbonyl (C=O) groups excluding carboxylic acids is 1. The standard InChI is InChI=1S/C24H32FN5OS/c1-16(31)30-10-8-29(9-11-30)7-6-20-15-32-24(27-20)22-13-17-12-18(25)14-21(23(17)28-22)26-19-4-2-3-5-19/h12-14,19-20,26,28H,2-11,15H2,1H3/t20-/m1/s1. The van der Waals surface area contributed by atoms with Gasteiger partial charge in [-0.3, -0.25) is 14.7 Å². The van der Waals surface area contributed by atoms with Gasteiger partial charge in [-0.25, -0.2) is 4.39 Å². The van der Waals surface area contributed by atoms with Gasteiger partial charge in [0.2, 0.25) is 5.91 Å². The van der Waals surface area contributed by atoms with Crippen LogP contribution in [0, 0.1) is 5.82 Å². The first-order chi connectivity index (χ1) is 15.5. The monoisotopic (exact) mass is 457 g/mol. The summed E-state index contributed by atoms with van der Waals surface area (Å²) in [4.78, 5) is 24.4. The summed E-state index contributed by atoms with van der Waals surface area (Å²) in [5, 5.41) is 5.48. The molecule has 0 unspecified atom stereocenters. The van der Waals surface area contributed by atoms with Gasteiger partial charge < -0.3 is 15.2 Å². The van der Waals surface area contributed by atoms with Gasteiger partial charge in [-0.05, 0) is 37.5 Å². The van der Waals surface area contributed by atoms with Crippen molar-refractivity contribution in [2.24, 2.45) is 4.99 Å². The number of fused-ring (bicyclic) bond motifs is 1. The van der Waals surface area contributed by atoms with Gasteiger partial charge in [0.05, 0.1) is 22.9 Å². The third-order valence-corrected chi connectivity index (χ3v) is 8.10. The van der Waals surface area contributed by atoms with Gasteiger partial charge in [0.25, 0.3) is 0 Å². The molecule has 1 aromatic carbocycles. The Morgan fingerprint density at radius 2 is 2.00 bits per heavy atom. The number of aliphatic imine (C=N–C) groups is 1. The molecule has 1 amide bonds. The number of H-pyrrole nitrogens is 1. The Labute approximate surface area is 193 Å². The number of halogens is 1. The normalized spacial score (nSPS) is 22.6. The molecule has 2 fully saturated rings. The van der Waals surface area contributed by atoms with Gasteiger partial charge in [0.15, 0.2) is 0 Å². The number of aromatic amines is 1. The summed E-state index contributed by atoms with van der Waals surface area (Å²) in [5.41, 5.74) is 2.83. The lowest BCUT2D eigenvalue weighted by Crippen LogP contribution is -2.48. The van der Waals surface area contributed by atoms with E-state index in [1.54, 1.807) is 30.8 Å². The topological polar surface area (TPSA) is 63.7 Å². The molecule has 2 aliphatic heterocycles. The van der Waals surface area contributed by atoms with Crippen molar-refractivity contribution < 1.29 is 9.18 Å². The third-order valence-electron chi connectivity index (χ3n) is 6.95. The molecule has 32 heavy (non-hydrogen) atoms. The average Bonchev–Trinajstić information content (AvgIpc) is 3.53. The maximum Gasteiger partial charge on any atom is 0.219 e. The van der Waals surface area contributed by atoms with Crippen LogP contribution in [0.3, 0.4) is 0 Å². The number of thioether (sulfide) groups is 1. The predicted octanol–water partition coefficient (Wildman–Crippen LogP) is 4.08. The number of hydrogen-bond donors (Lipinski definition) is 2. The van der Waals surface area contributed by atoms with E-state index in [1.807, 2.05) is 11.0 Å². The molecular formula is C24H32FN5OS. The van der Waals surface area contributed by atoms with Crippen molar-refractivity contribution in [1.82, 2.24) is 14.8 Å². The molecule has 8 heteroatoms. The summed E-state index contributed by atoms with van der Waals surface area (Å²) >= 11 is 1.79. The van der Waals surface area contributed by atoms with Crippen LogP contribution in [0.4, 0.5) is 10.1 Å². The fourth-order valence-corrected chi connectivity index (χ4v) is 6.14. The zero-order chi connectivity index (χ0) is 22.1. The largest absolute Gasteiger partial charge is 0.381 e. The zero-order valence-electron chi connectivity index (χ0n) is 18.7. The lowest BCUT2D eigenvalue weighted by molar-refractivity contribution is -0.130. The molecule has 0 radical (unpaired) electrons. The van der Waals surface area contributed by atoms with Gasteiger partial charge in [0.1, 0.15) is 10.9 Å². The summed E-state index contributed by atoms with van der Waals surface area (Å²) < 4.78 is 14.2. The number of rotatable bonds is 6. The summed E-state index contributed by atoms with van der Waals surface area (Å²) in [5.74, 6) is 0.956. The second-order valence-corrected chi connectivity index (χ2v) is 10.3. The van der Waals surface area contributed by atoms with E-state index in [0.717, 1.165) is 85.1 Å². The molecule has 5 rings (SSSR count). The minimum absolute atomic E-state index is 0.172. The average molecular weight is 458 g/mol. The Bertz CT molecular complexity index is 1010. The fraction of sp³-hybridized carbons (Fsp3) is 0.583. The van der Waals surface area contributed by atoms with Gasteiger partial charge in [-0.15, -0.1) is 11.8 Å². The lowest BCUT2D eigenvalue weighted by atomic mass is 10.2. The molecule has 1 atom stereocenters. The van der Waals surface area contributed by atoms with Crippen molar-refractivity contribution in [3.8, 4) is 0 Å². The maximum atomic E-state index is 14.2. The van der Waals surface area contributed by atoms with E-state index in [9.17, 15) is 9.18 Å². The van der Waals surface area contributed by atoms with Crippen molar-refractivity contribution >= 4 is 39.3 Å². The number of nitrogens with one attached hydrogen (secondary N) is 2. The second kappa shape index (κ2) is 9.43. The van der Waals surface area contributed by atoms with Crippen LogP contribution in [-0.2, 0) is 4.79 Å². The van der Waals surface area contributed by atoms with Gasteiger partial charge in [0, 0.05) is 56.8 Å². The number of aromatic nitrogens is 1. The molecule has 0 spiro atoms. The molecule has 3 heterocycles. The van der Waals surface area contributed by atoms with Gasteiger partial charge in [-0.2, -0.15) is 0 Å². The van der Waals surface area contributed by atoms with Crippen LogP contribution in [0.2, 0.25) is 0 Å². The smallest absolute Gasteiger partial charge is 0.219 e. The second-order valence-electron chi connectivity index (χ2n) is 9.26. The molecule has 1 saturated heterocycles. The Balaban J connectivity index is 1.23. The quantitative estimate of drug-likeness (QED) is 0.686. The van der Waals surface area contributed by atoms with Crippen LogP contribution >= 0.6 is 11.8 Å². The lowest BCUT2D eigenvalue weighted by Gasteiger charge is -2.34. The third kappa shape index (κ3) is 4.81. The Hall–Kier alpha value is -2.06. The van der Waals surface area contributed by atoms with Gasteiger partial charge in [-0.1, -0.05) is 12.8 Å². The van der Waals surface area contributed by atoms with Crippen molar-refractivity contribution in [2.45, 2.75) is 51.1 Å². The Morgan fingerprint density at radius 3 is 2.75 bits per heavy atom. The molecule has 3 aliphatic rings. The van der Waals surface area contributed by atoms with E-state index in [0.29, 0.717) is 12.1 Å². The number of piperazine rings is 1. The highest BCUT2D eigenvalue weighted by molar-refractivity contribution is 8.14. The molecule has 1 aromatic heterocycles. The number of amides is 1. The maximum absolute atomic E-state index is 14.2. The highest BCUT2D eigenvalue weighted by Crippen LogP contribution is 2.32. The van der Waals surface area contributed by atoms with Crippen LogP contribution in [0.15, 0.2) is 23.2 Å². The summed E-state index contributed by atoms with van der Waals surface area (Å²) in [6.45, 7) is 6.20. The highest BCUT2D eigenvalue weighted by atomic mass is 32.2. The van der Waals surface area contributed by atoms with E-state index in [-0.39, 0.29) is 11.7 Å². The molecule has 1 aliphatic carbocycles. The number of carbonyl (C=O) groups is 1. The minimum atomic E-state index is -0.202. The zero-order valence-corrected chi connectivity index (χ0v) is 19.5. The minimum Gasteiger partial charge on any atom is -0.381 e. The van der Waals surface area contributed by atoms with Crippen LogP contribution in [0.5, 0.6) is 0 Å². The van der Waals surface area contributed by atoms with Crippen molar-refractivity contribution in [3.63, 3.8) is 0 Å². The SMILES string of the molecule is CC(=O)N1CCN(CC[C@@H]2CSC(c3cc4cc(F)cc(NC5CCCC5)c4[nH]3)=N2)CC1. The van der Waals surface area contributed by atoms with E-state index in [2.05, 4.69) is 15.2 Å². The highest BCUT2D eigenvalue weighted by Gasteiger charge is 2.24. The van der Waals surface area contributed by atoms with Crippen molar-refractivity contribution in [1.29, 1.82) is 0 Å². The number of hydrogen-bond acceptors (Lipinski definition) is 5. The Morgan fingerprint density at radius 1 is 1.22 bits per heavy atom. The molecule has 2 N–H and O–H groups in total. The Kier molecular flexibility index (Phi) is 6.42. The van der Waals surface area contributed by atoms with Crippen LogP contribution < -0.4 is 5.32 Å². The van der Waals surface area contributed by atoms with E-state index >= 15 is 0 Å². The van der Waals surface area contributed by atoms with Crippen molar-refractivity contribution in [2.75, 3.05) is 43.8 Å². The summed E-state index contributed by atoms with van der Waals surface area (Å²) in [6.07, 6.45) is 5.82. The first kappa shape index (κ1) is 21.8. The molecule has 2 aromatic rings.